The lowest BCUT2D eigenvalue weighted by molar-refractivity contribution is -0.0608. The summed E-state index contributed by atoms with van der Waals surface area (Å²) in [5, 5.41) is 0. The van der Waals surface area contributed by atoms with Crippen LogP contribution in [-0.4, -0.2) is 31.0 Å². The van der Waals surface area contributed by atoms with Gasteiger partial charge in [-0.15, -0.1) is 0 Å². The second kappa shape index (κ2) is 4.67. The number of rotatable bonds is 2. The van der Waals surface area contributed by atoms with Gasteiger partial charge in [0.15, 0.2) is 0 Å². The van der Waals surface area contributed by atoms with Gasteiger partial charge in [-0.3, -0.25) is 4.79 Å². The van der Waals surface area contributed by atoms with Gasteiger partial charge in [0.2, 0.25) is 0 Å². The number of anilines is 1. The van der Waals surface area contributed by atoms with E-state index in [1.165, 1.54) is 0 Å². The van der Waals surface area contributed by atoms with E-state index in [2.05, 4.69) is 0 Å². The monoisotopic (exact) mass is 224 g/mol. The van der Waals surface area contributed by atoms with Gasteiger partial charge in [0.05, 0.1) is 18.3 Å². The molecule has 2 heterocycles. The minimum absolute atomic E-state index is 0.00903. The standard InChI is InChI=1S/C11H16N2O3/c1-15-10-7-16-6-4-9(10)13-5-2-3-8(12)11(13)14/h2-3,5,9-10H,4,6-7,12H2,1H3. The van der Waals surface area contributed by atoms with Gasteiger partial charge in [-0.25, -0.2) is 0 Å². The highest BCUT2D eigenvalue weighted by atomic mass is 16.5. The molecule has 5 heteroatoms. The van der Waals surface area contributed by atoms with Gasteiger partial charge in [-0.05, 0) is 18.6 Å². The molecule has 88 valence electrons. The summed E-state index contributed by atoms with van der Waals surface area (Å²) in [6.45, 7) is 1.16. The summed E-state index contributed by atoms with van der Waals surface area (Å²) < 4.78 is 12.3. The molecule has 0 amide bonds. The van der Waals surface area contributed by atoms with Crippen molar-refractivity contribution < 1.29 is 9.47 Å². The third kappa shape index (κ3) is 1.96. The molecule has 1 aliphatic rings. The fourth-order valence-corrected chi connectivity index (χ4v) is 2.03. The van der Waals surface area contributed by atoms with Gasteiger partial charge in [-0.1, -0.05) is 0 Å². The lowest BCUT2D eigenvalue weighted by atomic mass is 10.1. The maximum Gasteiger partial charge on any atom is 0.274 e. The van der Waals surface area contributed by atoms with Gasteiger partial charge in [0, 0.05) is 19.9 Å². The number of ether oxygens (including phenoxy) is 2. The van der Waals surface area contributed by atoms with Crippen LogP contribution in [0.25, 0.3) is 0 Å². The largest absolute Gasteiger partial charge is 0.394 e. The van der Waals surface area contributed by atoms with Crippen LogP contribution in [0.15, 0.2) is 23.1 Å². The highest BCUT2D eigenvalue weighted by Gasteiger charge is 2.27. The Hall–Kier alpha value is -1.33. The molecule has 1 aromatic heterocycles. The molecule has 2 atom stereocenters. The topological polar surface area (TPSA) is 66.5 Å². The molecular formula is C11H16N2O3. The average molecular weight is 224 g/mol. The quantitative estimate of drug-likeness (QED) is 0.790. The van der Waals surface area contributed by atoms with Crippen LogP contribution in [0.2, 0.25) is 0 Å². The van der Waals surface area contributed by atoms with Gasteiger partial charge >= 0.3 is 0 Å². The third-order valence-electron chi connectivity index (χ3n) is 2.93. The van der Waals surface area contributed by atoms with Crippen LogP contribution in [0.5, 0.6) is 0 Å². The number of nitrogen functional groups attached to an aromatic ring is 1. The van der Waals surface area contributed by atoms with Crippen LogP contribution < -0.4 is 11.3 Å². The Balaban J connectivity index is 2.34. The van der Waals surface area contributed by atoms with E-state index in [4.69, 9.17) is 15.2 Å². The Labute approximate surface area is 93.8 Å². The average Bonchev–Trinajstić information content (AvgIpc) is 2.33. The normalized spacial score (nSPS) is 25.6. The zero-order valence-electron chi connectivity index (χ0n) is 9.26. The predicted octanol–water partition coefficient (Wildman–Crippen LogP) is 0.407. The first-order chi connectivity index (χ1) is 7.74. The lowest BCUT2D eigenvalue weighted by Crippen LogP contribution is -2.40. The summed E-state index contributed by atoms with van der Waals surface area (Å²) in [6.07, 6.45) is 2.43. The molecule has 2 unspecified atom stereocenters. The summed E-state index contributed by atoms with van der Waals surface area (Å²) in [6, 6.07) is 3.40. The van der Waals surface area contributed by atoms with Crippen molar-refractivity contribution in [3.05, 3.63) is 28.7 Å². The molecule has 1 aliphatic heterocycles. The highest BCUT2D eigenvalue weighted by Crippen LogP contribution is 2.22. The third-order valence-corrected chi connectivity index (χ3v) is 2.93. The summed E-state index contributed by atoms with van der Waals surface area (Å²) in [7, 11) is 1.63. The summed E-state index contributed by atoms with van der Waals surface area (Å²) in [4.78, 5) is 11.9. The molecular weight excluding hydrogens is 208 g/mol. The number of nitrogens with two attached hydrogens (primary N) is 1. The van der Waals surface area contributed by atoms with Gasteiger partial charge in [0.1, 0.15) is 6.10 Å². The number of nitrogens with zero attached hydrogens (tertiary/aromatic N) is 1. The number of hydrogen-bond donors (Lipinski definition) is 1. The van der Waals surface area contributed by atoms with Crippen LogP contribution >= 0.6 is 0 Å². The maximum absolute atomic E-state index is 11.9. The van der Waals surface area contributed by atoms with Gasteiger partial charge in [0.25, 0.3) is 5.56 Å². The van der Waals surface area contributed by atoms with Crippen LogP contribution in [0.3, 0.4) is 0 Å². The molecule has 0 bridgehead atoms. The molecule has 1 fully saturated rings. The number of hydrogen-bond acceptors (Lipinski definition) is 4. The molecule has 1 saturated heterocycles. The zero-order valence-corrected chi connectivity index (χ0v) is 9.26. The van der Waals surface area contributed by atoms with Crippen molar-refractivity contribution in [2.45, 2.75) is 18.6 Å². The summed E-state index contributed by atoms with van der Waals surface area (Å²) in [5.41, 5.74) is 5.72. The summed E-state index contributed by atoms with van der Waals surface area (Å²) in [5.74, 6) is 0. The molecule has 0 radical (unpaired) electrons. The molecule has 5 nitrogen and oxygen atoms in total. The molecule has 0 spiro atoms. The van der Waals surface area contributed by atoms with Crippen LogP contribution in [0.1, 0.15) is 12.5 Å². The first-order valence-electron chi connectivity index (χ1n) is 5.31. The van der Waals surface area contributed by atoms with E-state index in [-0.39, 0.29) is 23.4 Å². The van der Waals surface area contributed by atoms with Crippen molar-refractivity contribution in [1.82, 2.24) is 4.57 Å². The van der Waals surface area contributed by atoms with Crippen LogP contribution in [0, 0.1) is 0 Å². The SMILES string of the molecule is COC1COCCC1n1cccc(N)c1=O. The minimum atomic E-state index is -0.156. The Morgan fingerprint density at radius 3 is 3.19 bits per heavy atom. The molecule has 0 saturated carbocycles. The second-order valence-corrected chi connectivity index (χ2v) is 3.88. The molecule has 2 rings (SSSR count). The van der Waals surface area contributed by atoms with Crippen molar-refractivity contribution in [2.75, 3.05) is 26.1 Å². The molecule has 2 N–H and O–H groups in total. The van der Waals surface area contributed by atoms with Crippen molar-refractivity contribution in [1.29, 1.82) is 0 Å². The maximum atomic E-state index is 11.9. The first kappa shape index (κ1) is 11.2. The second-order valence-electron chi connectivity index (χ2n) is 3.88. The van der Waals surface area contributed by atoms with Crippen molar-refractivity contribution >= 4 is 5.69 Å². The highest BCUT2D eigenvalue weighted by molar-refractivity contribution is 5.33. The van der Waals surface area contributed by atoms with Crippen molar-refractivity contribution in [2.24, 2.45) is 0 Å². The number of methoxy groups -OCH3 is 1. The van der Waals surface area contributed by atoms with Crippen molar-refractivity contribution in [3.63, 3.8) is 0 Å². The van der Waals surface area contributed by atoms with E-state index in [0.29, 0.717) is 13.2 Å². The molecule has 0 aromatic carbocycles. The Bertz CT molecular complexity index is 416. The van der Waals surface area contributed by atoms with Crippen LogP contribution in [-0.2, 0) is 9.47 Å². The van der Waals surface area contributed by atoms with E-state index < -0.39 is 0 Å². The molecule has 16 heavy (non-hydrogen) atoms. The fraction of sp³-hybridized carbons (Fsp3) is 0.545. The van der Waals surface area contributed by atoms with E-state index in [0.717, 1.165) is 6.42 Å². The van der Waals surface area contributed by atoms with E-state index >= 15 is 0 Å². The van der Waals surface area contributed by atoms with E-state index in [1.807, 2.05) is 0 Å². The fourth-order valence-electron chi connectivity index (χ4n) is 2.03. The Kier molecular flexibility index (Phi) is 3.26. The first-order valence-corrected chi connectivity index (χ1v) is 5.31. The summed E-state index contributed by atoms with van der Waals surface area (Å²) >= 11 is 0. The van der Waals surface area contributed by atoms with Gasteiger partial charge < -0.3 is 19.8 Å². The van der Waals surface area contributed by atoms with Crippen molar-refractivity contribution in [3.8, 4) is 0 Å². The van der Waals surface area contributed by atoms with Crippen LogP contribution in [0.4, 0.5) is 5.69 Å². The molecule has 0 aliphatic carbocycles. The Morgan fingerprint density at radius 1 is 1.62 bits per heavy atom. The minimum Gasteiger partial charge on any atom is -0.394 e. The van der Waals surface area contributed by atoms with Gasteiger partial charge in [-0.2, -0.15) is 0 Å². The zero-order chi connectivity index (χ0) is 11.5. The smallest absolute Gasteiger partial charge is 0.274 e. The number of aromatic nitrogens is 1. The molecule has 1 aromatic rings. The van der Waals surface area contributed by atoms with E-state index in [1.54, 1.807) is 30.0 Å². The Morgan fingerprint density at radius 2 is 2.44 bits per heavy atom. The lowest BCUT2D eigenvalue weighted by Gasteiger charge is -2.31. The van der Waals surface area contributed by atoms with E-state index in [9.17, 15) is 4.79 Å². The number of pyridine rings is 1. The predicted molar refractivity (Wildman–Crippen MR) is 60.4 cm³/mol.